The lowest BCUT2D eigenvalue weighted by molar-refractivity contribution is -0.140. The van der Waals surface area contributed by atoms with Crippen molar-refractivity contribution < 1.29 is 23.8 Å². The van der Waals surface area contributed by atoms with Crippen LogP contribution in [-0.4, -0.2) is 56.7 Å². The van der Waals surface area contributed by atoms with Gasteiger partial charge in [-0.1, -0.05) is 30.3 Å². The normalized spacial score (nSPS) is 17.3. The molecule has 7 heteroatoms. The van der Waals surface area contributed by atoms with Crippen LogP contribution < -0.4 is 14.8 Å². The Kier molecular flexibility index (Phi) is 6.72. The Morgan fingerprint density at radius 2 is 1.83 bits per heavy atom. The van der Waals surface area contributed by atoms with Gasteiger partial charge in [0.25, 0.3) is 5.91 Å². The maximum atomic E-state index is 12.9. The molecule has 0 aromatic heterocycles. The summed E-state index contributed by atoms with van der Waals surface area (Å²) in [4.78, 5) is 27.2. The average Bonchev–Trinajstić information content (AvgIpc) is 2.78. The molecule has 1 aliphatic heterocycles. The minimum absolute atomic E-state index is 0.136. The Morgan fingerprint density at radius 3 is 2.52 bits per heavy atom. The molecule has 1 fully saturated rings. The van der Waals surface area contributed by atoms with Gasteiger partial charge in [0, 0.05) is 12.1 Å². The van der Waals surface area contributed by atoms with Crippen molar-refractivity contribution in [1.82, 2.24) is 10.2 Å². The van der Waals surface area contributed by atoms with Crippen LogP contribution in [0.5, 0.6) is 11.5 Å². The summed E-state index contributed by atoms with van der Waals surface area (Å²) < 4.78 is 16.2. The van der Waals surface area contributed by atoms with Gasteiger partial charge in [0.1, 0.15) is 12.1 Å². The molecule has 3 rings (SSSR count). The molecule has 0 spiro atoms. The number of nitrogens with one attached hydrogen (secondary N) is 1. The number of morpholine rings is 1. The maximum Gasteiger partial charge on any atom is 0.252 e. The van der Waals surface area contributed by atoms with Crippen molar-refractivity contribution in [3.05, 3.63) is 59.7 Å². The second kappa shape index (κ2) is 9.43. The summed E-state index contributed by atoms with van der Waals surface area (Å²) in [6.07, 6.45) is -0.164. The number of carbonyl (C=O) groups excluding carboxylic acids is 2. The molecule has 2 aromatic carbocycles. The van der Waals surface area contributed by atoms with E-state index in [0.717, 1.165) is 5.56 Å². The van der Waals surface area contributed by atoms with Crippen molar-refractivity contribution in [2.75, 3.05) is 33.9 Å². The summed E-state index contributed by atoms with van der Waals surface area (Å²) >= 11 is 0. The summed E-state index contributed by atoms with van der Waals surface area (Å²) in [6.45, 7) is 3.10. The zero-order valence-electron chi connectivity index (χ0n) is 16.9. The molecule has 2 aromatic rings. The van der Waals surface area contributed by atoms with E-state index in [1.54, 1.807) is 30.0 Å². The first-order valence-corrected chi connectivity index (χ1v) is 9.51. The largest absolute Gasteiger partial charge is 0.493 e. The summed E-state index contributed by atoms with van der Waals surface area (Å²) in [5, 5.41) is 2.77. The molecule has 2 amide bonds. The van der Waals surface area contributed by atoms with E-state index in [0.29, 0.717) is 36.8 Å². The lowest BCUT2D eigenvalue weighted by Gasteiger charge is -2.34. The standard InChI is InChI=1S/C22H26N2O5/c1-15(23-21(25)17-9-10-18(27-2)19(13-17)28-3)22(26)24-11-12-29-20(14-24)16-7-5-4-6-8-16/h4-10,13,15,20H,11-12,14H2,1-3H3,(H,23,25)/t15-,20?/m1/s1. The van der Waals surface area contributed by atoms with E-state index < -0.39 is 6.04 Å². The number of hydrogen-bond donors (Lipinski definition) is 1. The second-order valence-electron chi connectivity index (χ2n) is 6.82. The highest BCUT2D eigenvalue weighted by molar-refractivity contribution is 5.98. The Bertz CT molecular complexity index is 856. The number of carbonyl (C=O) groups is 2. The van der Waals surface area contributed by atoms with Crippen LogP contribution >= 0.6 is 0 Å². The molecule has 1 N–H and O–H groups in total. The number of nitrogens with zero attached hydrogens (tertiary/aromatic N) is 1. The van der Waals surface area contributed by atoms with E-state index in [2.05, 4.69) is 5.32 Å². The SMILES string of the molecule is COc1ccc(C(=O)N[C@H](C)C(=O)N2CCOC(c3ccccc3)C2)cc1OC. The molecule has 1 heterocycles. The van der Waals surface area contributed by atoms with Crippen molar-refractivity contribution in [3.63, 3.8) is 0 Å². The first-order valence-electron chi connectivity index (χ1n) is 9.51. The van der Waals surface area contributed by atoms with E-state index in [1.807, 2.05) is 30.3 Å². The van der Waals surface area contributed by atoms with Crippen molar-refractivity contribution >= 4 is 11.8 Å². The van der Waals surface area contributed by atoms with Gasteiger partial charge in [-0.05, 0) is 30.7 Å². The fraction of sp³-hybridized carbons (Fsp3) is 0.364. The number of ether oxygens (including phenoxy) is 3. The third-order valence-electron chi connectivity index (χ3n) is 4.91. The summed E-state index contributed by atoms with van der Waals surface area (Å²) in [5.41, 5.74) is 1.43. The first-order chi connectivity index (χ1) is 14.0. The van der Waals surface area contributed by atoms with Crippen molar-refractivity contribution in [2.24, 2.45) is 0 Å². The van der Waals surface area contributed by atoms with Gasteiger partial charge >= 0.3 is 0 Å². The molecule has 1 aliphatic rings. The fourth-order valence-electron chi connectivity index (χ4n) is 3.31. The minimum atomic E-state index is -0.662. The molecule has 7 nitrogen and oxygen atoms in total. The number of benzene rings is 2. The van der Waals surface area contributed by atoms with Gasteiger partial charge in [-0.3, -0.25) is 9.59 Å². The smallest absolute Gasteiger partial charge is 0.252 e. The molecule has 0 aliphatic carbocycles. The predicted molar refractivity (Wildman–Crippen MR) is 108 cm³/mol. The van der Waals surface area contributed by atoms with E-state index in [-0.39, 0.29) is 17.9 Å². The van der Waals surface area contributed by atoms with E-state index in [1.165, 1.54) is 14.2 Å². The Labute approximate surface area is 170 Å². The molecule has 0 radical (unpaired) electrons. The third-order valence-corrected chi connectivity index (χ3v) is 4.91. The lowest BCUT2D eigenvalue weighted by Crippen LogP contribution is -2.51. The van der Waals surface area contributed by atoms with Gasteiger partial charge < -0.3 is 24.4 Å². The van der Waals surface area contributed by atoms with E-state index >= 15 is 0 Å². The van der Waals surface area contributed by atoms with E-state index in [9.17, 15) is 9.59 Å². The van der Waals surface area contributed by atoms with Crippen LogP contribution in [0.2, 0.25) is 0 Å². The number of hydrogen-bond acceptors (Lipinski definition) is 5. The molecule has 1 unspecified atom stereocenters. The van der Waals surface area contributed by atoms with Crippen LogP contribution in [0, 0.1) is 0 Å². The van der Waals surface area contributed by atoms with Crippen molar-refractivity contribution in [3.8, 4) is 11.5 Å². The highest BCUT2D eigenvalue weighted by Crippen LogP contribution is 2.27. The molecular weight excluding hydrogens is 372 g/mol. The van der Waals surface area contributed by atoms with Crippen LogP contribution in [0.3, 0.4) is 0 Å². The molecule has 154 valence electrons. The average molecular weight is 398 g/mol. The highest BCUT2D eigenvalue weighted by Gasteiger charge is 2.29. The molecule has 0 bridgehead atoms. The van der Waals surface area contributed by atoms with Gasteiger partial charge in [-0.2, -0.15) is 0 Å². The molecule has 29 heavy (non-hydrogen) atoms. The first kappa shape index (κ1) is 20.7. The lowest BCUT2D eigenvalue weighted by atomic mass is 10.1. The van der Waals surface area contributed by atoms with Gasteiger partial charge in [0.05, 0.1) is 27.4 Å². The third kappa shape index (κ3) is 4.86. The van der Waals surface area contributed by atoms with Gasteiger partial charge in [-0.15, -0.1) is 0 Å². The van der Waals surface area contributed by atoms with Gasteiger partial charge in [0.15, 0.2) is 11.5 Å². The maximum absolute atomic E-state index is 12.9. The van der Waals surface area contributed by atoms with Crippen molar-refractivity contribution in [1.29, 1.82) is 0 Å². The second-order valence-corrected chi connectivity index (χ2v) is 6.82. The number of methoxy groups -OCH3 is 2. The van der Waals surface area contributed by atoms with Crippen LogP contribution in [-0.2, 0) is 9.53 Å². The Morgan fingerprint density at radius 1 is 1.10 bits per heavy atom. The van der Waals surface area contributed by atoms with Crippen LogP contribution in [0.1, 0.15) is 28.9 Å². The topological polar surface area (TPSA) is 77.1 Å². The number of rotatable bonds is 6. The van der Waals surface area contributed by atoms with Crippen molar-refractivity contribution in [2.45, 2.75) is 19.1 Å². The van der Waals surface area contributed by atoms with E-state index in [4.69, 9.17) is 14.2 Å². The zero-order chi connectivity index (χ0) is 20.8. The molecule has 0 saturated carbocycles. The monoisotopic (exact) mass is 398 g/mol. The predicted octanol–water partition coefficient (Wildman–Crippen LogP) is 2.42. The Balaban J connectivity index is 1.63. The molecule has 1 saturated heterocycles. The quantitative estimate of drug-likeness (QED) is 0.809. The molecule has 2 atom stereocenters. The minimum Gasteiger partial charge on any atom is -0.493 e. The highest BCUT2D eigenvalue weighted by atomic mass is 16.5. The summed E-state index contributed by atoms with van der Waals surface area (Å²) in [7, 11) is 3.04. The Hall–Kier alpha value is -3.06. The summed E-state index contributed by atoms with van der Waals surface area (Å²) in [5.74, 6) is 0.509. The zero-order valence-corrected chi connectivity index (χ0v) is 16.9. The van der Waals surface area contributed by atoms with Crippen LogP contribution in [0.15, 0.2) is 48.5 Å². The van der Waals surface area contributed by atoms with Gasteiger partial charge in [0.2, 0.25) is 5.91 Å². The van der Waals surface area contributed by atoms with Gasteiger partial charge in [-0.25, -0.2) is 0 Å². The van der Waals surface area contributed by atoms with Crippen LogP contribution in [0.25, 0.3) is 0 Å². The van der Waals surface area contributed by atoms with Crippen LogP contribution in [0.4, 0.5) is 0 Å². The molecular formula is C22H26N2O5. The fourth-order valence-corrected chi connectivity index (χ4v) is 3.31. The summed E-state index contributed by atoms with van der Waals surface area (Å²) in [6, 6.07) is 14.0. The number of amides is 2.